The topological polar surface area (TPSA) is 52.6 Å². The zero-order valence-corrected chi connectivity index (χ0v) is 11.7. The number of hydrogen-bond acceptors (Lipinski definition) is 3. The normalized spacial score (nSPS) is 15.8. The van der Waals surface area contributed by atoms with E-state index in [1.807, 2.05) is 0 Å². The summed E-state index contributed by atoms with van der Waals surface area (Å²) in [6.45, 7) is 3.74. The fraction of sp³-hybridized carbons (Fsp3) is 0.462. The lowest BCUT2D eigenvalue weighted by Crippen LogP contribution is -2.33. The van der Waals surface area contributed by atoms with E-state index < -0.39 is 0 Å². The van der Waals surface area contributed by atoms with Crippen LogP contribution >= 0.6 is 15.9 Å². The molecule has 0 saturated carbocycles. The van der Waals surface area contributed by atoms with Crippen molar-refractivity contribution in [3.8, 4) is 5.75 Å². The molecule has 4 nitrogen and oxygen atoms in total. The third-order valence-corrected chi connectivity index (χ3v) is 3.61. The van der Waals surface area contributed by atoms with Crippen LogP contribution in [-0.2, 0) is 0 Å². The third kappa shape index (κ3) is 3.46. The van der Waals surface area contributed by atoms with Crippen LogP contribution in [0.4, 0.5) is 0 Å². The Morgan fingerprint density at radius 2 is 2.11 bits per heavy atom. The van der Waals surface area contributed by atoms with Gasteiger partial charge < -0.3 is 15.3 Å². The van der Waals surface area contributed by atoms with Gasteiger partial charge in [0.25, 0.3) is 5.91 Å². The molecule has 2 rings (SSSR count). The molecule has 5 heteroatoms. The predicted octanol–water partition coefficient (Wildman–Crippen LogP) is 1.98. The van der Waals surface area contributed by atoms with E-state index in [4.69, 9.17) is 0 Å². The number of benzene rings is 1. The largest absolute Gasteiger partial charge is 0.507 e. The summed E-state index contributed by atoms with van der Waals surface area (Å²) in [5.74, 6) is -0.218. The summed E-state index contributed by atoms with van der Waals surface area (Å²) >= 11 is 3.29. The smallest absolute Gasteiger partial charge is 0.255 e. The van der Waals surface area contributed by atoms with Crippen molar-refractivity contribution in [3.63, 3.8) is 0 Å². The first kappa shape index (κ1) is 13.4. The van der Waals surface area contributed by atoms with Gasteiger partial charge in [-0.1, -0.05) is 15.9 Å². The van der Waals surface area contributed by atoms with Crippen molar-refractivity contribution in [1.82, 2.24) is 10.2 Å². The van der Waals surface area contributed by atoms with Gasteiger partial charge in [0.1, 0.15) is 5.75 Å². The van der Waals surface area contributed by atoms with Crippen molar-refractivity contribution in [2.45, 2.75) is 12.8 Å². The van der Waals surface area contributed by atoms with Crippen molar-refractivity contribution in [3.05, 3.63) is 28.2 Å². The number of rotatable bonds is 4. The van der Waals surface area contributed by atoms with E-state index >= 15 is 0 Å². The summed E-state index contributed by atoms with van der Waals surface area (Å²) in [7, 11) is 0. The predicted molar refractivity (Wildman–Crippen MR) is 73.8 cm³/mol. The van der Waals surface area contributed by atoms with Gasteiger partial charge >= 0.3 is 0 Å². The van der Waals surface area contributed by atoms with Gasteiger partial charge in [0.15, 0.2) is 0 Å². The van der Waals surface area contributed by atoms with E-state index in [-0.39, 0.29) is 11.7 Å². The van der Waals surface area contributed by atoms with Gasteiger partial charge in [-0.25, -0.2) is 0 Å². The first-order valence-electron chi connectivity index (χ1n) is 6.16. The molecule has 1 saturated heterocycles. The van der Waals surface area contributed by atoms with Crippen LogP contribution in [0.1, 0.15) is 23.2 Å². The highest BCUT2D eigenvalue weighted by Crippen LogP contribution is 2.21. The molecule has 18 heavy (non-hydrogen) atoms. The molecule has 1 aliphatic rings. The highest BCUT2D eigenvalue weighted by molar-refractivity contribution is 9.10. The summed E-state index contributed by atoms with van der Waals surface area (Å²) in [5.41, 5.74) is 0.311. The van der Waals surface area contributed by atoms with Gasteiger partial charge in [-0.2, -0.15) is 0 Å². The average Bonchev–Trinajstić information content (AvgIpc) is 2.85. The van der Waals surface area contributed by atoms with Crippen LogP contribution in [-0.4, -0.2) is 42.1 Å². The molecular weight excluding hydrogens is 296 g/mol. The maximum absolute atomic E-state index is 11.9. The lowest BCUT2D eigenvalue weighted by atomic mass is 10.2. The quantitative estimate of drug-likeness (QED) is 0.894. The summed E-state index contributed by atoms with van der Waals surface area (Å²) in [5, 5.41) is 12.5. The molecule has 1 heterocycles. The van der Waals surface area contributed by atoms with Gasteiger partial charge in [0.05, 0.1) is 5.56 Å². The fourth-order valence-corrected chi connectivity index (χ4v) is 2.48. The van der Waals surface area contributed by atoms with Crippen LogP contribution in [0.3, 0.4) is 0 Å². The Labute approximate surface area is 115 Å². The molecule has 0 atom stereocenters. The van der Waals surface area contributed by atoms with Crippen molar-refractivity contribution < 1.29 is 9.90 Å². The minimum Gasteiger partial charge on any atom is -0.507 e. The second-order valence-corrected chi connectivity index (χ2v) is 5.38. The maximum atomic E-state index is 11.9. The van der Waals surface area contributed by atoms with Gasteiger partial charge in [-0.15, -0.1) is 0 Å². The summed E-state index contributed by atoms with van der Waals surface area (Å²) in [6, 6.07) is 4.84. The Balaban J connectivity index is 1.85. The van der Waals surface area contributed by atoms with Crippen LogP contribution in [0.15, 0.2) is 22.7 Å². The number of carbonyl (C=O) groups is 1. The van der Waals surface area contributed by atoms with E-state index in [2.05, 4.69) is 26.1 Å². The van der Waals surface area contributed by atoms with E-state index in [9.17, 15) is 9.90 Å². The molecule has 1 aromatic carbocycles. The monoisotopic (exact) mass is 312 g/mol. The van der Waals surface area contributed by atoms with Crippen molar-refractivity contribution >= 4 is 21.8 Å². The number of aromatic hydroxyl groups is 1. The lowest BCUT2D eigenvalue weighted by Gasteiger charge is -2.15. The third-order valence-electron chi connectivity index (χ3n) is 3.12. The molecule has 0 unspecified atom stereocenters. The van der Waals surface area contributed by atoms with Gasteiger partial charge in [-0.05, 0) is 44.1 Å². The van der Waals surface area contributed by atoms with Crippen molar-refractivity contribution in [2.75, 3.05) is 26.2 Å². The number of nitrogens with one attached hydrogen (secondary N) is 1. The number of phenols is 1. The first-order valence-corrected chi connectivity index (χ1v) is 6.95. The maximum Gasteiger partial charge on any atom is 0.255 e. The van der Waals surface area contributed by atoms with Crippen LogP contribution in [0, 0.1) is 0 Å². The van der Waals surface area contributed by atoms with Crippen LogP contribution in [0.25, 0.3) is 0 Å². The summed E-state index contributed by atoms with van der Waals surface area (Å²) in [6.07, 6.45) is 2.50. The number of hydrogen-bond donors (Lipinski definition) is 2. The molecule has 0 aliphatic carbocycles. The molecule has 0 bridgehead atoms. The minimum absolute atomic E-state index is 0.0110. The number of halogens is 1. The average molecular weight is 313 g/mol. The Bertz CT molecular complexity index is 431. The van der Waals surface area contributed by atoms with Crippen LogP contribution < -0.4 is 5.32 Å². The minimum atomic E-state index is -0.229. The highest BCUT2D eigenvalue weighted by atomic mass is 79.9. The highest BCUT2D eigenvalue weighted by Gasteiger charge is 2.13. The molecule has 2 N–H and O–H groups in total. The van der Waals surface area contributed by atoms with Crippen LogP contribution in [0.2, 0.25) is 0 Å². The van der Waals surface area contributed by atoms with E-state index in [0.29, 0.717) is 12.1 Å². The van der Waals surface area contributed by atoms with Crippen molar-refractivity contribution in [2.24, 2.45) is 0 Å². The standard InChI is InChI=1S/C13H17BrN2O2/c14-10-3-4-12(17)11(9-10)13(18)15-5-8-16-6-1-2-7-16/h3-4,9,17H,1-2,5-8H2,(H,15,18). The Hall–Kier alpha value is -1.07. The summed E-state index contributed by atoms with van der Waals surface area (Å²) in [4.78, 5) is 14.2. The molecular formula is C13H17BrN2O2. The summed E-state index contributed by atoms with van der Waals surface area (Å²) < 4.78 is 0.782. The van der Waals surface area contributed by atoms with Gasteiger partial charge in [0, 0.05) is 17.6 Å². The molecule has 0 radical (unpaired) electrons. The molecule has 1 amide bonds. The van der Waals surface area contributed by atoms with E-state index in [0.717, 1.165) is 24.1 Å². The molecule has 1 fully saturated rings. The van der Waals surface area contributed by atoms with E-state index in [1.54, 1.807) is 12.1 Å². The Kier molecular flexibility index (Phi) is 4.60. The SMILES string of the molecule is O=C(NCCN1CCCC1)c1cc(Br)ccc1O. The fourth-order valence-electron chi connectivity index (χ4n) is 2.12. The Morgan fingerprint density at radius 1 is 1.39 bits per heavy atom. The lowest BCUT2D eigenvalue weighted by molar-refractivity contribution is 0.0947. The number of amides is 1. The first-order chi connectivity index (χ1) is 8.66. The van der Waals surface area contributed by atoms with Gasteiger partial charge in [-0.3, -0.25) is 4.79 Å². The number of likely N-dealkylation sites (tertiary alicyclic amines) is 1. The van der Waals surface area contributed by atoms with Gasteiger partial charge in [0.2, 0.25) is 0 Å². The zero-order valence-electron chi connectivity index (χ0n) is 10.2. The Morgan fingerprint density at radius 3 is 2.83 bits per heavy atom. The number of carbonyl (C=O) groups excluding carboxylic acids is 1. The molecule has 1 aliphatic heterocycles. The number of phenolic OH excluding ortho intramolecular Hbond substituents is 1. The molecule has 0 spiro atoms. The molecule has 98 valence electrons. The molecule has 0 aromatic heterocycles. The second-order valence-electron chi connectivity index (χ2n) is 4.47. The molecule has 1 aromatic rings. The second kappa shape index (κ2) is 6.20. The van der Waals surface area contributed by atoms with Crippen LogP contribution in [0.5, 0.6) is 5.75 Å². The zero-order chi connectivity index (χ0) is 13.0. The van der Waals surface area contributed by atoms with Crippen molar-refractivity contribution in [1.29, 1.82) is 0 Å². The van der Waals surface area contributed by atoms with E-state index in [1.165, 1.54) is 18.9 Å². The number of nitrogens with zero attached hydrogens (tertiary/aromatic N) is 1.